The summed E-state index contributed by atoms with van der Waals surface area (Å²) in [5.74, 6) is -1.96. The van der Waals surface area contributed by atoms with Gasteiger partial charge in [0.25, 0.3) is 0 Å². The number of rotatable bonds is 2. The van der Waals surface area contributed by atoms with Crippen molar-refractivity contribution in [2.24, 2.45) is 0 Å². The van der Waals surface area contributed by atoms with Gasteiger partial charge in [-0.15, -0.1) is 0 Å². The van der Waals surface area contributed by atoms with Gasteiger partial charge in [-0.2, -0.15) is 0 Å². The third-order valence-corrected chi connectivity index (χ3v) is 0.349. The average Bonchev–Trinajstić information content (AvgIpc) is 1.89. The minimum absolute atomic E-state index is 0. The molecule has 0 rings (SSSR count). The van der Waals surface area contributed by atoms with Crippen LogP contribution in [0.25, 0.3) is 0 Å². The van der Waals surface area contributed by atoms with Gasteiger partial charge in [0.2, 0.25) is 0 Å². The van der Waals surface area contributed by atoms with Crippen LogP contribution in [0.3, 0.4) is 0 Å². The zero-order valence-electron chi connectivity index (χ0n) is 6.28. The molecule has 0 aromatic heterocycles. The van der Waals surface area contributed by atoms with Crippen LogP contribution in [0.4, 0.5) is 0 Å². The summed E-state index contributed by atoms with van der Waals surface area (Å²) < 4.78 is 0. The molecule has 63 valence electrons. The highest BCUT2D eigenvalue weighted by Gasteiger charge is 1.73. The Kier molecular flexibility index (Phi) is 16.6. The minimum atomic E-state index is -0.981. The molecule has 0 spiro atoms. The highest BCUT2D eigenvalue weighted by atomic mass is 16.4. The van der Waals surface area contributed by atoms with E-state index in [2.05, 4.69) is 13.2 Å². The van der Waals surface area contributed by atoms with E-state index < -0.39 is 11.9 Å². The lowest BCUT2D eigenvalue weighted by atomic mass is 10.7. The molecule has 0 bridgehead atoms. The lowest BCUT2D eigenvalue weighted by molar-refractivity contribution is -0.132. The molecule has 0 fully saturated rings. The Morgan fingerprint density at radius 2 is 1.09 bits per heavy atom. The third-order valence-electron chi connectivity index (χ3n) is 0.349. The van der Waals surface area contributed by atoms with Crippen molar-refractivity contribution in [3.63, 3.8) is 0 Å². The maximum Gasteiger partial charge on any atom is 0.327 e. The molecule has 0 aliphatic carbocycles. The summed E-state index contributed by atoms with van der Waals surface area (Å²) in [5, 5.41) is 15.2. The quantitative estimate of drug-likeness (QED) is 0.588. The lowest BCUT2D eigenvalue weighted by Crippen LogP contribution is -1.82. The molecule has 4 heteroatoms. The van der Waals surface area contributed by atoms with Crippen LogP contribution < -0.4 is 0 Å². The summed E-state index contributed by atoms with van der Waals surface area (Å²) in [6, 6.07) is 0. The van der Waals surface area contributed by atoms with Crippen molar-refractivity contribution in [3.8, 4) is 0 Å². The van der Waals surface area contributed by atoms with E-state index >= 15 is 0 Å². The van der Waals surface area contributed by atoms with E-state index in [1.54, 1.807) is 0 Å². The van der Waals surface area contributed by atoms with Crippen LogP contribution in [-0.4, -0.2) is 22.2 Å². The van der Waals surface area contributed by atoms with Crippen LogP contribution >= 0.6 is 0 Å². The highest BCUT2D eigenvalue weighted by Crippen LogP contribution is 1.55. The van der Waals surface area contributed by atoms with E-state index in [0.717, 1.165) is 12.2 Å². The first-order valence-electron chi connectivity index (χ1n) is 2.25. The smallest absolute Gasteiger partial charge is 0.327 e. The van der Waals surface area contributed by atoms with Gasteiger partial charge in [-0.25, -0.2) is 9.59 Å². The van der Waals surface area contributed by atoms with Gasteiger partial charge in [0, 0.05) is 12.2 Å². The molecule has 0 aromatic carbocycles. The number of aliphatic carboxylic acids is 2. The normalized spacial score (nSPS) is 5.82. The standard InChI is InChI=1S/2C3H4O2.CH3/c2*1-2-3(4)5;/h2*2H,1H2,(H,4,5);1H3. The monoisotopic (exact) mass is 159 g/mol. The molecule has 4 nitrogen and oxygen atoms in total. The van der Waals surface area contributed by atoms with Crippen LogP contribution in [0, 0.1) is 7.43 Å². The van der Waals surface area contributed by atoms with Crippen molar-refractivity contribution in [2.75, 3.05) is 0 Å². The van der Waals surface area contributed by atoms with Crippen LogP contribution in [-0.2, 0) is 9.59 Å². The van der Waals surface area contributed by atoms with Crippen LogP contribution in [0.1, 0.15) is 0 Å². The third kappa shape index (κ3) is 59.3. The second-order valence-electron chi connectivity index (χ2n) is 1.08. The van der Waals surface area contributed by atoms with Gasteiger partial charge in [-0.1, -0.05) is 20.6 Å². The van der Waals surface area contributed by atoms with E-state index in [4.69, 9.17) is 10.2 Å². The van der Waals surface area contributed by atoms with E-state index in [1.807, 2.05) is 0 Å². The van der Waals surface area contributed by atoms with E-state index in [0.29, 0.717) is 0 Å². The van der Waals surface area contributed by atoms with Crippen LogP contribution in [0.5, 0.6) is 0 Å². The second kappa shape index (κ2) is 11.2. The van der Waals surface area contributed by atoms with E-state index in [1.165, 1.54) is 0 Å². The Hall–Kier alpha value is -1.58. The fraction of sp³-hybridized carbons (Fsp3) is 0. The summed E-state index contributed by atoms with van der Waals surface area (Å²) in [7, 11) is 0. The summed E-state index contributed by atoms with van der Waals surface area (Å²) in [5.41, 5.74) is 0. The van der Waals surface area contributed by atoms with E-state index in [9.17, 15) is 9.59 Å². The molecule has 0 heterocycles. The zero-order valence-corrected chi connectivity index (χ0v) is 6.28. The Balaban J connectivity index is -0.000000107. The molecule has 1 radical (unpaired) electrons. The summed E-state index contributed by atoms with van der Waals surface area (Å²) in [4.78, 5) is 18.5. The summed E-state index contributed by atoms with van der Waals surface area (Å²) in [6.07, 6.45) is 1.67. The van der Waals surface area contributed by atoms with Crippen molar-refractivity contribution in [1.29, 1.82) is 0 Å². The van der Waals surface area contributed by atoms with Gasteiger partial charge in [0.1, 0.15) is 0 Å². The lowest BCUT2D eigenvalue weighted by Gasteiger charge is -1.64. The zero-order chi connectivity index (χ0) is 8.57. The molecule has 11 heavy (non-hydrogen) atoms. The number of carboxylic acid groups (broad SMARTS) is 2. The molecular weight excluding hydrogens is 148 g/mol. The molecule has 0 aliphatic heterocycles. The predicted molar refractivity (Wildman–Crippen MR) is 42.1 cm³/mol. The molecule has 0 saturated heterocycles. The molecule has 0 saturated carbocycles. The van der Waals surface area contributed by atoms with Gasteiger partial charge in [-0.05, 0) is 0 Å². The number of hydrogen-bond donors (Lipinski definition) is 2. The van der Waals surface area contributed by atoms with Crippen LogP contribution in [0.15, 0.2) is 25.3 Å². The van der Waals surface area contributed by atoms with Crippen molar-refractivity contribution >= 4 is 11.9 Å². The Labute approximate surface area is 65.5 Å². The summed E-state index contributed by atoms with van der Waals surface area (Å²) >= 11 is 0. The van der Waals surface area contributed by atoms with Gasteiger partial charge in [0.05, 0.1) is 0 Å². The average molecular weight is 159 g/mol. The topological polar surface area (TPSA) is 74.6 Å². The number of carboxylic acids is 2. The van der Waals surface area contributed by atoms with Crippen molar-refractivity contribution < 1.29 is 19.8 Å². The number of carbonyl (C=O) groups is 2. The minimum Gasteiger partial charge on any atom is -0.478 e. The van der Waals surface area contributed by atoms with E-state index in [-0.39, 0.29) is 7.43 Å². The first-order valence-corrected chi connectivity index (χ1v) is 2.25. The molecular formula is C7H11O4. The van der Waals surface area contributed by atoms with Crippen molar-refractivity contribution in [1.82, 2.24) is 0 Å². The molecule has 0 atom stereocenters. The maximum atomic E-state index is 9.25. The Morgan fingerprint density at radius 3 is 1.09 bits per heavy atom. The number of hydrogen-bond acceptors (Lipinski definition) is 2. The molecule has 0 amide bonds. The fourth-order valence-electron chi connectivity index (χ4n) is 0. The molecule has 0 aliphatic rings. The summed E-state index contributed by atoms with van der Waals surface area (Å²) in [6.45, 7) is 5.92. The largest absolute Gasteiger partial charge is 0.478 e. The maximum absolute atomic E-state index is 9.25. The van der Waals surface area contributed by atoms with Gasteiger partial charge >= 0.3 is 11.9 Å². The van der Waals surface area contributed by atoms with Gasteiger partial charge in [-0.3, -0.25) is 0 Å². The van der Waals surface area contributed by atoms with Crippen molar-refractivity contribution in [2.45, 2.75) is 0 Å². The predicted octanol–water partition coefficient (Wildman–Crippen LogP) is 0.964. The fourth-order valence-corrected chi connectivity index (χ4v) is 0. The Morgan fingerprint density at radius 1 is 1.00 bits per heavy atom. The van der Waals surface area contributed by atoms with Crippen LogP contribution in [0.2, 0.25) is 0 Å². The first kappa shape index (κ1) is 16.2. The first-order chi connectivity index (χ1) is 4.54. The van der Waals surface area contributed by atoms with Gasteiger partial charge < -0.3 is 10.2 Å². The molecule has 0 unspecified atom stereocenters. The second-order valence-corrected chi connectivity index (χ2v) is 1.08. The van der Waals surface area contributed by atoms with Gasteiger partial charge in [0.15, 0.2) is 0 Å². The molecule has 0 aromatic rings. The molecule has 2 N–H and O–H groups in total. The Bertz CT molecular complexity index is 131. The van der Waals surface area contributed by atoms with Crippen molar-refractivity contribution in [3.05, 3.63) is 32.7 Å². The SMILES string of the molecule is C=CC(=O)O.C=CC(=O)O.[CH3]. The highest BCUT2D eigenvalue weighted by molar-refractivity contribution is 5.79.